The summed E-state index contributed by atoms with van der Waals surface area (Å²) in [5, 5.41) is 19.7. The number of carboxylic acids is 1. The number of benzene rings is 1. The molecule has 94 valence electrons. The molecular formula is C12H12N2O3S. The van der Waals surface area contributed by atoms with Gasteiger partial charge >= 0.3 is 5.97 Å². The molecule has 0 fully saturated rings. The van der Waals surface area contributed by atoms with Gasteiger partial charge in [-0.3, -0.25) is 9.59 Å². The Morgan fingerprint density at radius 2 is 2.11 bits per heavy atom. The molecule has 6 heteroatoms. The van der Waals surface area contributed by atoms with Crippen LogP contribution in [0.5, 0.6) is 0 Å². The first-order valence-electron chi connectivity index (χ1n) is 5.17. The fourth-order valence-electron chi connectivity index (χ4n) is 1.33. The molecule has 0 unspecified atom stereocenters. The van der Waals surface area contributed by atoms with Gasteiger partial charge in [-0.15, -0.1) is 11.8 Å². The highest BCUT2D eigenvalue weighted by Crippen LogP contribution is 2.16. The first-order valence-corrected chi connectivity index (χ1v) is 6.33. The molecule has 2 N–H and O–H groups in total. The number of carboxylic acid groups (broad SMARTS) is 1. The smallest absolute Gasteiger partial charge is 0.307 e. The number of nitrogens with zero attached hydrogens (tertiary/aromatic N) is 1. The number of hydrogen-bond acceptors (Lipinski definition) is 4. The minimum absolute atomic E-state index is 0.137. The molecule has 18 heavy (non-hydrogen) atoms. The zero-order chi connectivity index (χ0) is 13.4. The lowest BCUT2D eigenvalue weighted by atomic mass is 10.1. The lowest BCUT2D eigenvalue weighted by Gasteiger charge is -2.09. The van der Waals surface area contributed by atoms with Crippen LogP contribution in [0.25, 0.3) is 0 Å². The van der Waals surface area contributed by atoms with Crippen molar-refractivity contribution in [3.05, 3.63) is 29.8 Å². The van der Waals surface area contributed by atoms with Crippen molar-refractivity contribution in [2.24, 2.45) is 0 Å². The van der Waals surface area contributed by atoms with Gasteiger partial charge in [-0.05, 0) is 11.6 Å². The Morgan fingerprint density at radius 3 is 2.78 bits per heavy atom. The third kappa shape index (κ3) is 4.89. The summed E-state index contributed by atoms with van der Waals surface area (Å²) in [6.45, 7) is 0. The molecule has 0 aliphatic rings. The standard InChI is InChI=1S/C12H12N2O3S/c13-5-6-18-8-11(15)14-10-4-2-1-3-9(10)7-12(16)17/h1-4H,6-8H2,(H,14,15)(H,16,17). The molecule has 0 atom stereocenters. The number of para-hydroxylation sites is 1. The van der Waals surface area contributed by atoms with Crippen LogP contribution in [0.3, 0.4) is 0 Å². The molecule has 1 aromatic carbocycles. The van der Waals surface area contributed by atoms with Gasteiger partial charge in [0.05, 0.1) is 24.0 Å². The van der Waals surface area contributed by atoms with E-state index in [0.717, 1.165) is 0 Å². The number of nitrogens with one attached hydrogen (secondary N) is 1. The predicted molar refractivity (Wildman–Crippen MR) is 69.3 cm³/mol. The Balaban J connectivity index is 2.63. The second kappa shape index (κ2) is 7.35. The van der Waals surface area contributed by atoms with E-state index < -0.39 is 5.97 Å². The lowest BCUT2D eigenvalue weighted by Crippen LogP contribution is -2.16. The number of amides is 1. The molecule has 0 aliphatic heterocycles. The van der Waals surface area contributed by atoms with Gasteiger partial charge in [-0.25, -0.2) is 0 Å². The first-order chi connectivity index (χ1) is 8.63. The van der Waals surface area contributed by atoms with Gasteiger partial charge in [0.1, 0.15) is 0 Å². The van der Waals surface area contributed by atoms with E-state index in [9.17, 15) is 9.59 Å². The molecule has 0 spiro atoms. The average molecular weight is 264 g/mol. The maximum atomic E-state index is 11.5. The Hall–Kier alpha value is -2.00. The van der Waals surface area contributed by atoms with E-state index in [1.807, 2.05) is 6.07 Å². The van der Waals surface area contributed by atoms with Crippen LogP contribution in [-0.2, 0) is 16.0 Å². The number of carbonyl (C=O) groups is 2. The van der Waals surface area contributed by atoms with Crippen molar-refractivity contribution < 1.29 is 14.7 Å². The van der Waals surface area contributed by atoms with E-state index in [0.29, 0.717) is 11.3 Å². The van der Waals surface area contributed by atoms with Crippen molar-refractivity contribution in [1.29, 1.82) is 5.26 Å². The topological polar surface area (TPSA) is 90.2 Å². The minimum Gasteiger partial charge on any atom is -0.481 e. The summed E-state index contributed by atoms with van der Waals surface area (Å²) in [6.07, 6.45) is -0.137. The molecule has 0 heterocycles. The molecule has 0 radical (unpaired) electrons. The van der Waals surface area contributed by atoms with Crippen LogP contribution in [0.15, 0.2) is 24.3 Å². The number of hydrogen-bond donors (Lipinski definition) is 2. The average Bonchev–Trinajstić information content (AvgIpc) is 2.31. The predicted octanol–water partition coefficient (Wildman–Crippen LogP) is 1.51. The number of aliphatic carboxylic acids is 1. The molecule has 0 saturated carbocycles. The van der Waals surface area contributed by atoms with Crippen molar-refractivity contribution in [1.82, 2.24) is 0 Å². The molecule has 1 amide bonds. The first kappa shape index (κ1) is 14.1. The lowest BCUT2D eigenvalue weighted by molar-refractivity contribution is -0.136. The third-order valence-corrected chi connectivity index (χ3v) is 2.83. The van der Waals surface area contributed by atoms with Gasteiger partial charge in [-0.2, -0.15) is 5.26 Å². The van der Waals surface area contributed by atoms with Gasteiger partial charge < -0.3 is 10.4 Å². The van der Waals surface area contributed by atoms with E-state index in [1.54, 1.807) is 24.3 Å². The van der Waals surface area contributed by atoms with Gasteiger partial charge in [-0.1, -0.05) is 18.2 Å². The number of anilines is 1. The summed E-state index contributed by atoms with van der Waals surface area (Å²) < 4.78 is 0. The quantitative estimate of drug-likeness (QED) is 0.760. The SMILES string of the molecule is N#CCSCC(=O)Nc1ccccc1CC(=O)O. The zero-order valence-electron chi connectivity index (χ0n) is 9.55. The summed E-state index contributed by atoms with van der Waals surface area (Å²) in [6, 6.07) is 8.69. The van der Waals surface area contributed by atoms with Gasteiger partial charge in [0.25, 0.3) is 0 Å². The van der Waals surface area contributed by atoms with E-state index in [-0.39, 0.29) is 23.8 Å². The molecule has 1 aromatic rings. The van der Waals surface area contributed by atoms with E-state index in [4.69, 9.17) is 10.4 Å². The second-order valence-corrected chi connectivity index (χ2v) is 4.41. The second-order valence-electron chi connectivity index (χ2n) is 3.43. The van der Waals surface area contributed by atoms with Gasteiger partial charge in [0, 0.05) is 5.69 Å². The van der Waals surface area contributed by atoms with Crippen molar-refractivity contribution in [2.45, 2.75) is 6.42 Å². The molecule has 1 rings (SSSR count). The van der Waals surface area contributed by atoms with Crippen LogP contribution in [0.4, 0.5) is 5.69 Å². The zero-order valence-corrected chi connectivity index (χ0v) is 10.4. The monoisotopic (exact) mass is 264 g/mol. The third-order valence-electron chi connectivity index (χ3n) is 2.03. The number of nitriles is 1. The summed E-state index contributed by atoms with van der Waals surface area (Å²) in [4.78, 5) is 22.2. The van der Waals surface area contributed by atoms with Crippen LogP contribution < -0.4 is 5.32 Å². The Kier molecular flexibility index (Phi) is 5.74. The van der Waals surface area contributed by atoms with Crippen LogP contribution in [0.1, 0.15) is 5.56 Å². The van der Waals surface area contributed by atoms with E-state index >= 15 is 0 Å². The maximum absolute atomic E-state index is 11.5. The van der Waals surface area contributed by atoms with E-state index in [1.165, 1.54) is 11.8 Å². The number of rotatable bonds is 6. The molecule has 0 aliphatic carbocycles. The van der Waals surface area contributed by atoms with Crippen LogP contribution in [-0.4, -0.2) is 28.5 Å². The Morgan fingerprint density at radius 1 is 1.39 bits per heavy atom. The highest BCUT2D eigenvalue weighted by atomic mass is 32.2. The number of carbonyl (C=O) groups excluding carboxylic acids is 1. The van der Waals surface area contributed by atoms with E-state index in [2.05, 4.69) is 5.32 Å². The Bertz CT molecular complexity index is 482. The largest absolute Gasteiger partial charge is 0.481 e. The highest BCUT2D eigenvalue weighted by Gasteiger charge is 2.09. The molecule has 0 aromatic heterocycles. The molecule has 0 bridgehead atoms. The summed E-state index contributed by atoms with van der Waals surface area (Å²) >= 11 is 1.21. The normalized spacial score (nSPS) is 9.50. The van der Waals surface area contributed by atoms with Crippen molar-refractivity contribution in [2.75, 3.05) is 16.8 Å². The van der Waals surface area contributed by atoms with Crippen LogP contribution >= 0.6 is 11.8 Å². The van der Waals surface area contributed by atoms with Gasteiger partial charge in [0.2, 0.25) is 5.91 Å². The summed E-state index contributed by atoms with van der Waals surface area (Å²) in [5.74, 6) is -0.761. The van der Waals surface area contributed by atoms with Crippen molar-refractivity contribution in [3.63, 3.8) is 0 Å². The molecule has 0 saturated heterocycles. The fourth-order valence-corrected chi connectivity index (χ4v) is 1.79. The minimum atomic E-state index is -0.949. The Labute approximate surface area is 109 Å². The fraction of sp³-hybridized carbons (Fsp3) is 0.250. The van der Waals surface area contributed by atoms with Crippen molar-refractivity contribution >= 4 is 29.3 Å². The van der Waals surface area contributed by atoms with Crippen LogP contribution in [0.2, 0.25) is 0 Å². The van der Waals surface area contributed by atoms with Crippen molar-refractivity contribution in [3.8, 4) is 6.07 Å². The summed E-state index contributed by atoms with van der Waals surface area (Å²) in [5.41, 5.74) is 1.06. The summed E-state index contributed by atoms with van der Waals surface area (Å²) in [7, 11) is 0. The molecular weight excluding hydrogens is 252 g/mol. The maximum Gasteiger partial charge on any atom is 0.307 e. The van der Waals surface area contributed by atoms with Crippen LogP contribution in [0, 0.1) is 11.3 Å². The van der Waals surface area contributed by atoms with Gasteiger partial charge in [0.15, 0.2) is 0 Å². The highest BCUT2D eigenvalue weighted by molar-refractivity contribution is 8.00. The molecule has 5 nitrogen and oxygen atoms in total. The number of thioether (sulfide) groups is 1.